The maximum Gasteiger partial charge on any atom is 0.160 e. The summed E-state index contributed by atoms with van der Waals surface area (Å²) < 4.78 is 2.08. The van der Waals surface area contributed by atoms with E-state index in [1.165, 1.54) is 0 Å². The van der Waals surface area contributed by atoms with Crippen molar-refractivity contribution in [3.05, 3.63) is 72.7 Å². The van der Waals surface area contributed by atoms with Crippen LogP contribution < -0.4 is 0 Å². The zero-order valence-electron chi connectivity index (χ0n) is 12.1. The van der Waals surface area contributed by atoms with Crippen molar-refractivity contribution < 1.29 is 0 Å². The standard InChI is InChI=1S/C18H14N4/c1-13-17(20-12-11-19-13)22-16-10-6-5-9-15(16)21-18(22)14-7-3-2-4-8-14/h2-12H,1H3. The Balaban J connectivity index is 2.10. The molecule has 2 aromatic carbocycles. The summed E-state index contributed by atoms with van der Waals surface area (Å²) in [4.78, 5) is 13.7. The molecule has 2 heterocycles. The second-order valence-electron chi connectivity index (χ2n) is 5.09. The predicted molar refractivity (Wildman–Crippen MR) is 86.8 cm³/mol. The molecule has 0 aliphatic carbocycles. The number of nitrogens with zero attached hydrogens (tertiary/aromatic N) is 4. The highest BCUT2D eigenvalue weighted by atomic mass is 15.1. The van der Waals surface area contributed by atoms with Crippen LogP contribution in [0.1, 0.15) is 5.69 Å². The van der Waals surface area contributed by atoms with E-state index in [9.17, 15) is 0 Å². The normalized spacial score (nSPS) is 11.0. The molecular formula is C18H14N4. The molecule has 0 unspecified atom stereocenters. The Labute approximate surface area is 128 Å². The first-order valence-corrected chi connectivity index (χ1v) is 7.15. The molecule has 0 fully saturated rings. The first kappa shape index (κ1) is 12.7. The molecule has 0 N–H and O–H groups in total. The minimum atomic E-state index is 0.815. The Kier molecular flexibility index (Phi) is 2.93. The number of fused-ring (bicyclic) bond motifs is 1. The van der Waals surface area contributed by atoms with Crippen LogP contribution in [0, 0.1) is 6.92 Å². The maximum atomic E-state index is 4.80. The van der Waals surface area contributed by atoms with Crippen LogP contribution in [0.5, 0.6) is 0 Å². The lowest BCUT2D eigenvalue weighted by molar-refractivity contribution is 0.969. The fraction of sp³-hybridized carbons (Fsp3) is 0.0556. The number of hydrogen-bond donors (Lipinski definition) is 0. The largest absolute Gasteiger partial charge is 0.275 e. The third-order valence-corrected chi connectivity index (χ3v) is 3.66. The van der Waals surface area contributed by atoms with Crippen molar-refractivity contribution in [1.29, 1.82) is 0 Å². The molecule has 0 saturated carbocycles. The van der Waals surface area contributed by atoms with E-state index in [4.69, 9.17) is 4.98 Å². The smallest absolute Gasteiger partial charge is 0.160 e. The highest BCUT2D eigenvalue weighted by Crippen LogP contribution is 2.28. The van der Waals surface area contributed by atoms with E-state index in [1.54, 1.807) is 12.4 Å². The van der Waals surface area contributed by atoms with E-state index in [0.717, 1.165) is 33.9 Å². The Morgan fingerprint density at radius 2 is 1.55 bits per heavy atom. The number of benzene rings is 2. The fourth-order valence-electron chi connectivity index (χ4n) is 2.64. The van der Waals surface area contributed by atoms with Gasteiger partial charge in [0.2, 0.25) is 0 Å². The average molecular weight is 286 g/mol. The second kappa shape index (κ2) is 5.07. The van der Waals surface area contributed by atoms with Gasteiger partial charge in [-0.3, -0.25) is 9.55 Å². The van der Waals surface area contributed by atoms with E-state index < -0.39 is 0 Å². The summed E-state index contributed by atoms with van der Waals surface area (Å²) in [5.74, 6) is 1.69. The van der Waals surface area contributed by atoms with Gasteiger partial charge >= 0.3 is 0 Å². The van der Waals surface area contributed by atoms with E-state index in [-0.39, 0.29) is 0 Å². The number of aromatic nitrogens is 4. The van der Waals surface area contributed by atoms with Crippen molar-refractivity contribution >= 4 is 11.0 Å². The Morgan fingerprint density at radius 1 is 0.818 bits per heavy atom. The minimum absolute atomic E-state index is 0.815. The number of aryl methyl sites for hydroxylation is 1. The number of hydrogen-bond acceptors (Lipinski definition) is 3. The summed E-state index contributed by atoms with van der Waals surface area (Å²) in [7, 11) is 0. The molecule has 0 bridgehead atoms. The van der Waals surface area contributed by atoms with Gasteiger partial charge in [0.25, 0.3) is 0 Å². The van der Waals surface area contributed by atoms with Crippen molar-refractivity contribution in [3.8, 4) is 17.2 Å². The molecule has 4 aromatic rings. The zero-order valence-corrected chi connectivity index (χ0v) is 12.1. The Morgan fingerprint density at radius 3 is 2.36 bits per heavy atom. The second-order valence-corrected chi connectivity index (χ2v) is 5.09. The molecule has 2 aromatic heterocycles. The van der Waals surface area contributed by atoms with Gasteiger partial charge in [-0.15, -0.1) is 0 Å². The summed E-state index contributed by atoms with van der Waals surface area (Å²) in [6.45, 7) is 1.96. The predicted octanol–water partition coefficient (Wildman–Crippen LogP) is 3.79. The van der Waals surface area contributed by atoms with E-state index in [1.807, 2.05) is 43.3 Å². The molecule has 106 valence electrons. The summed E-state index contributed by atoms with van der Waals surface area (Å²) in [6, 6.07) is 18.2. The van der Waals surface area contributed by atoms with E-state index in [2.05, 4.69) is 32.7 Å². The maximum absolute atomic E-state index is 4.80. The van der Waals surface area contributed by atoms with Gasteiger partial charge in [-0.1, -0.05) is 42.5 Å². The topological polar surface area (TPSA) is 43.6 Å². The van der Waals surface area contributed by atoms with Crippen molar-refractivity contribution in [2.75, 3.05) is 0 Å². The first-order valence-electron chi connectivity index (χ1n) is 7.15. The van der Waals surface area contributed by atoms with Gasteiger partial charge in [-0.25, -0.2) is 9.97 Å². The summed E-state index contributed by atoms with van der Waals surface area (Å²) >= 11 is 0. The van der Waals surface area contributed by atoms with Gasteiger partial charge in [0, 0.05) is 18.0 Å². The number of rotatable bonds is 2. The molecule has 0 aliphatic rings. The minimum Gasteiger partial charge on any atom is -0.275 e. The monoisotopic (exact) mass is 286 g/mol. The van der Waals surface area contributed by atoms with Crippen LogP contribution in [0.15, 0.2) is 67.0 Å². The first-order chi connectivity index (χ1) is 10.8. The quantitative estimate of drug-likeness (QED) is 0.563. The molecule has 22 heavy (non-hydrogen) atoms. The summed E-state index contributed by atoms with van der Waals surface area (Å²) in [6.07, 6.45) is 3.42. The van der Waals surface area contributed by atoms with Crippen LogP contribution in [-0.2, 0) is 0 Å². The van der Waals surface area contributed by atoms with Crippen LogP contribution in [0.4, 0.5) is 0 Å². The molecule has 0 aliphatic heterocycles. The highest BCUT2D eigenvalue weighted by Gasteiger charge is 2.16. The van der Waals surface area contributed by atoms with Gasteiger partial charge in [-0.2, -0.15) is 0 Å². The fourth-order valence-corrected chi connectivity index (χ4v) is 2.64. The highest BCUT2D eigenvalue weighted by molar-refractivity contribution is 5.82. The Hall–Kier alpha value is -3.01. The van der Waals surface area contributed by atoms with Crippen molar-refractivity contribution in [1.82, 2.24) is 19.5 Å². The molecule has 0 spiro atoms. The van der Waals surface area contributed by atoms with E-state index >= 15 is 0 Å². The third-order valence-electron chi connectivity index (χ3n) is 3.66. The molecule has 0 saturated heterocycles. The lowest BCUT2D eigenvalue weighted by Crippen LogP contribution is -2.03. The summed E-state index contributed by atoms with van der Waals surface area (Å²) in [5, 5.41) is 0. The summed E-state index contributed by atoms with van der Waals surface area (Å²) in [5.41, 5.74) is 3.92. The lowest BCUT2D eigenvalue weighted by Gasteiger charge is -2.10. The SMILES string of the molecule is Cc1nccnc1-n1c(-c2ccccc2)nc2ccccc21. The van der Waals surface area contributed by atoms with Crippen LogP contribution in [0.3, 0.4) is 0 Å². The lowest BCUT2D eigenvalue weighted by atomic mass is 10.2. The number of imidazole rings is 1. The van der Waals surface area contributed by atoms with Crippen LogP contribution in [0.2, 0.25) is 0 Å². The molecule has 0 amide bonds. The van der Waals surface area contributed by atoms with Crippen LogP contribution in [-0.4, -0.2) is 19.5 Å². The van der Waals surface area contributed by atoms with E-state index in [0.29, 0.717) is 0 Å². The molecule has 0 atom stereocenters. The number of para-hydroxylation sites is 2. The van der Waals surface area contributed by atoms with Crippen LogP contribution >= 0.6 is 0 Å². The molecular weight excluding hydrogens is 272 g/mol. The van der Waals surface area contributed by atoms with Crippen molar-refractivity contribution in [2.24, 2.45) is 0 Å². The van der Waals surface area contributed by atoms with Gasteiger partial charge in [0.15, 0.2) is 5.82 Å². The van der Waals surface area contributed by atoms with Crippen molar-refractivity contribution in [3.63, 3.8) is 0 Å². The van der Waals surface area contributed by atoms with Gasteiger partial charge in [0.05, 0.1) is 16.7 Å². The molecule has 0 radical (unpaired) electrons. The van der Waals surface area contributed by atoms with Gasteiger partial charge < -0.3 is 0 Å². The molecule has 4 heteroatoms. The molecule has 4 nitrogen and oxygen atoms in total. The Bertz CT molecular complexity index is 942. The van der Waals surface area contributed by atoms with Gasteiger partial charge in [-0.05, 0) is 19.1 Å². The third kappa shape index (κ3) is 1.97. The van der Waals surface area contributed by atoms with Gasteiger partial charge in [0.1, 0.15) is 5.82 Å². The molecule has 4 rings (SSSR count). The van der Waals surface area contributed by atoms with Crippen molar-refractivity contribution in [2.45, 2.75) is 6.92 Å². The average Bonchev–Trinajstić information content (AvgIpc) is 2.95. The zero-order chi connectivity index (χ0) is 14.9. The van der Waals surface area contributed by atoms with Crippen LogP contribution in [0.25, 0.3) is 28.2 Å².